The van der Waals surface area contributed by atoms with E-state index in [2.05, 4.69) is 17.1 Å². The van der Waals surface area contributed by atoms with Crippen LogP contribution in [0.5, 0.6) is 0 Å². The van der Waals surface area contributed by atoms with E-state index >= 15 is 0 Å². The van der Waals surface area contributed by atoms with Crippen LogP contribution >= 0.6 is 11.6 Å². The Kier molecular flexibility index (Phi) is 7.46. The first kappa shape index (κ1) is 21.2. The molecule has 2 rings (SSSR count). The van der Waals surface area contributed by atoms with Crippen LogP contribution in [0.3, 0.4) is 0 Å². The highest BCUT2D eigenvalue weighted by Crippen LogP contribution is 2.24. The van der Waals surface area contributed by atoms with Crippen LogP contribution in [-0.2, 0) is 14.8 Å². The van der Waals surface area contributed by atoms with Crippen LogP contribution in [0.2, 0.25) is 5.02 Å². The molecular formula is C18H28ClN3O3S. The average molecular weight is 402 g/mol. The lowest BCUT2D eigenvalue weighted by atomic mass is 9.97. The second kappa shape index (κ2) is 9.17. The second-order valence-corrected chi connectivity index (χ2v) is 9.62. The van der Waals surface area contributed by atoms with Crippen molar-refractivity contribution in [3.05, 3.63) is 29.3 Å². The summed E-state index contributed by atoms with van der Waals surface area (Å²) < 4.78 is 26.8. The van der Waals surface area contributed by atoms with Crippen LogP contribution in [0.4, 0.5) is 0 Å². The predicted molar refractivity (Wildman–Crippen MR) is 104 cm³/mol. The van der Waals surface area contributed by atoms with Crippen molar-refractivity contribution in [1.82, 2.24) is 14.5 Å². The third-order valence-electron chi connectivity index (χ3n) is 4.58. The number of piperidine rings is 1. The molecule has 1 atom stereocenters. The number of rotatable bonds is 7. The maximum atomic E-state index is 12.7. The lowest BCUT2D eigenvalue weighted by molar-refractivity contribution is -0.126. The first-order chi connectivity index (χ1) is 12.2. The van der Waals surface area contributed by atoms with E-state index in [1.54, 1.807) is 12.1 Å². The number of halogens is 1. The average Bonchev–Trinajstić information content (AvgIpc) is 2.59. The van der Waals surface area contributed by atoms with E-state index in [9.17, 15) is 13.2 Å². The number of benzene rings is 1. The molecule has 6 nitrogen and oxygen atoms in total. The zero-order chi connectivity index (χ0) is 19.3. The standard InChI is InChI=1S/C18H28ClN3O3S/c1-14(13-21(2)3)12-20-18(23)15-8-10-22(11-9-15)26(24,25)17-6-4-16(19)5-7-17/h4-7,14-15H,8-13H2,1-3H3,(H,20,23)/t14-/m0/s1. The Morgan fingerprint density at radius 2 is 1.85 bits per heavy atom. The van der Waals surface area contributed by atoms with Crippen molar-refractivity contribution >= 4 is 27.5 Å². The number of hydrogen-bond acceptors (Lipinski definition) is 4. The maximum Gasteiger partial charge on any atom is 0.243 e. The van der Waals surface area contributed by atoms with Crippen molar-refractivity contribution in [3.8, 4) is 0 Å². The van der Waals surface area contributed by atoms with Crippen LogP contribution in [0, 0.1) is 11.8 Å². The number of sulfonamides is 1. The van der Waals surface area contributed by atoms with E-state index in [1.165, 1.54) is 16.4 Å². The van der Waals surface area contributed by atoms with Crippen molar-refractivity contribution in [2.75, 3.05) is 40.3 Å². The molecule has 1 aliphatic heterocycles. The van der Waals surface area contributed by atoms with Gasteiger partial charge in [0.05, 0.1) is 4.90 Å². The summed E-state index contributed by atoms with van der Waals surface area (Å²) in [4.78, 5) is 14.7. The molecule has 1 aromatic rings. The van der Waals surface area contributed by atoms with Gasteiger partial charge in [-0.2, -0.15) is 4.31 Å². The van der Waals surface area contributed by atoms with Gasteiger partial charge in [-0.1, -0.05) is 18.5 Å². The lowest BCUT2D eigenvalue weighted by Gasteiger charge is -2.30. The zero-order valence-electron chi connectivity index (χ0n) is 15.6. The summed E-state index contributed by atoms with van der Waals surface area (Å²) in [5.74, 6) is 0.275. The second-order valence-electron chi connectivity index (χ2n) is 7.24. The Morgan fingerprint density at radius 3 is 2.38 bits per heavy atom. The predicted octanol–water partition coefficient (Wildman–Crippen LogP) is 2.05. The number of carbonyl (C=O) groups is 1. The SMILES string of the molecule is C[C@@H](CNC(=O)C1CCN(S(=O)(=O)c2ccc(Cl)cc2)CC1)CN(C)C. The fourth-order valence-electron chi connectivity index (χ4n) is 3.22. The summed E-state index contributed by atoms with van der Waals surface area (Å²) in [5, 5.41) is 3.50. The molecule has 0 bridgehead atoms. The largest absolute Gasteiger partial charge is 0.356 e. The van der Waals surface area contributed by atoms with Gasteiger partial charge in [-0.15, -0.1) is 0 Å². The van der Waals surface area contributed by atoms with Gasteiger partial charge in [0.15, 0.2) is 0 Å². The van der Waals surface area contributed by atoms with Crippen LogP contribution in [0.1, 0.15) is 19.8 Å². The molecule has 1 aliphatic rings. The fraction of sp³-hybridized carbons (Fsp3) is 0.611. The molecule has 26 heavy (non-hydrogen) atoms. The lowest BCUT2D eigenvalue weighted by Crippen LogP contribution is -2.44. The quantitative estimate of drug-likeness (QED) is 0.759. The molecule has 0 aliphatic carbocycles. The van der Waals surface area contributed by atoms with Crippen molar-refractivity contribution in [2.45, 2.75) is 24.7 Å². The Balaban J connectivity index is 1.86. The number of hydrogen-bond donors (Lipinski definition) is 1. The number of nitrogens with zero attached hydrogens (tertiary/aromatic N) is 2. The highest BCUT2D eigenvalue weighted by molar-refractivity contribution is 7.89. The number of nitrogens with one attached hydrogen (secondary N) is 1. The van der Waals surface area contributed by atoms with E-state index in [4.69, 9.17) is 11.6 Å². The van der Waals surface area contributed by atoms with Gasteiger partial charge in [-0.05, 0) is 57.1 Å². The molecule has 1 fully saturated rings. The van der Waals surface area contributed by atoms with E-state index in [0.29, 0.717) is 43.4 Å². The van der Waals surface area contributed by atoms with Crippen molar-refractivity contribution < 1.29 is 13.2 Å². The minimum atomic E-state index is -3.53. The molecule has 1 N–H and O–H groups in total. The third kappa shape index (κ3) is 5.67. The molecule has 0 saturated carbocycles. The number of carbonyl (C=O) groups excluding carboxylic acids is 1. The van der Waals surface area contributed by atoms with Gasteiger partial charge in [-0.3, -0.25) is 4.79 Å². The summed E-state index contributed by atoms with van der Waals surface area (Å²) in [6.07, 6.45) is 1.08. The molecular weight excluding hydrogens is 374 g/mol. The third-order valence-corrected chi connectivity index (χ3v) is 6.74. The van der Waals surface area contributed by atoms with Crippen molar-refractivity contribution in [1.29, 1.82) is 0 Å². The van der Waals surface area contributed by atoms with Crippen LogP contribution < -0.4 is 5.32 Å². The smallest absolute Gasteiger partial charge is 0.243 e. The Labute approximate surface area is 161 Å². The van der Waals surface area contributed by atoms with E-state index in [-0.39, 0.29) is 16.7 Å². The molecule has 1 amide bonds. The summed E-state index contributed by atoms with van der Waals surface area (Å²) in [6, 6.07) is 6.18. The summed E-state index contributed by atoms with van der Waals surface area (Å²) in [5.41, 5.74) is 0. The van der Waals surface area contributed by atoms with Gasteiger partial charge < -0.3 is 10.2 Å². The first-order valence-electron chi connectivity index (χ1n) is 8.88. The molecule has 0 spiro atoms. The summed E-state index contributed by atoms with van der Waals surface area (Å²) in [7, 11) is 0.489. The van der Waals surface area contributed by atoms with Gasteiger partial charge in [0.1, 0.15) is 0 Å². The topological polar surface area (TPSA) is 69.7 Å². The Morgan fingerprint density at radius 1 is 1.27 bits per heavy atom. The van der Waals surface area contributed by atoms with Gasteiger partial charge >= 0.3 is 0 Å². The summed E-state index contributed by atoms with van der Waals surface area (Å²) in [6.45, 7) is 4.37. The molecule has 1 heterocycles. The Hall–Kier alpha value is -1.15. The highest BCUT2D eigenvalue weighted by Gasteiger charge is 2.32. The minimum absolute atomic E-state index is 0.0270. The normalized spacial score (nSPS) is 18.0. The highest BCUT2D eigenvalue weighted by atomic mass is 35.5. The van der Waals surface area contributed by atoms with Gasteiger partial charge in [0.2, 0.25) is 15.9 Å². The molecule has 0 aromatic heterocycles. The van der Waals surface area contributed by atoms with Crippen molar-refractivity contribution in [2.24, 2.45) is 11.8 Å². The van der Waals surface area contributed by atoms with Gasteiger partial charge in [0.25, 0.3) is 0 Å². The number of amides is 1. The molecule has 0 unspecified atom stereocenters. The first-order valence-corrected chi connectivity index (χ1v) is 10.7. The molecule has 1 saturated heterocycles. The fourth-order valence-corrected chi connectivity index (χ4v) is 4.82. The van der Waals surface area contributed by atoms with Gasteiger partial charge in [0, 0.05) is 37.1 Å². The molecule has 8 heteroatoms. The van der Waals surface area contributed by atoms with Crippen molar-refractivity contribution in [3.63, 3.8) is 0 Å². The maximum absolute atomic E-state index is 12.7. The van der Waals surface area contributed by atoms with Crippen LogP contribution in [0.25, 0.3) is 0 Å². The minimum Gasteiger partial charge on any atom is -0.356 e. The molecule has 0 radical (unpaired) electrons. The zero-order valence-corrected chi connectivity index (χ0v) is 17.2. The van der Waals surface area contributed by atoms with Crippen LogP contribution in [-0.4, -0.2) is 63.8 Å². The Bertz CT molecular complexity index is 699. The van der Waals surface area contributed by atoms with E-state index in [0.717, 1.165) is 6.54 Å². The van der Waals surface area contributed by atoms with Crippen LogP contribution in [0.15, 0.2) is 29.2 Å². The van der Waals surface area contributed by atoms with E-state index in [1.807, 2.05) is 14.1 Å². The molecule has 1 aromatic carbocycles. The monoisotopic (exact) mass is 401 g/mol. The summed E-state index contributed by atoms with van der Waals surface area (Å²) >= 11 is 5.83. The van der Waals surface area contributed by atoms with Gasteiger partial charge in [-0.25, -0.2) is 8.42 Å². The van der Waals surface area contributed by atoms with E-state index < -0.39 is 10.0 Å². The molecule has 146 valence electrons.